The molecule has 1 N–H and O–H groups in total. The van der Waals surface area contributed by atoms with Crippen LogP contribution in [0.1, 0.15) is 26.8 Å². The predicted octanol–water partition coefficient (Wildman–Crippen LogP) is 1.10. The Morgan fingerprint density at radius 2 is 2.28 bits per heavy atom. The molecule has 0 aromatic carbocycles. The van der Waals surface area contributed by atoms with Crippen molar-refractivity contribution in [2.75, 3.05) is 19.5 Å². The first kappa shape index (κ1) is 15.0. The van der Waals surface area contributed by atoms with E-state index in [9.17, 15) is 4.79 Å². The number of carbonyl (C=O) groups is 1. The molecule has 0 bridgehead atoms. The maximum Gasteiger partial charge on any atom is 0.230 e. The largest absolute Gasteiger partial charge is 0.383 e. The average Bonchev–Trinajstić information content (AvgIpc) is 2.74. The van der Waals surface area contributed by atoms with Gasteiger partial charge < -0.3 is 14.6 Å². The van der Waals surface area contributed by atoms with Gasteiger partial charge in [-0.2, -0.15) is 0 Å². The molecule has 0 radical (unpaired) electrons. The lowest BCUT2D eigenvalue weighted by molar-refractivity contribution is -0.119. The van der Waals surface area contributed by atoms with Gasteiger partial charge in [-0.05, 0) is 20.8 Å². The summed E-state index contributed by atoms with van der Waals surface area (Å²) in [5.41, 5.74) is 0. The van der Waals surface area contributed by atoms with E-state index in [2.05, 4.69) is 15.5 Å². The van der Waals surface area contributed by atoms with Crippen LogP contribution in [-0.2, 0) is 9.53 Å². The van der Waals surface area contributed by atoms with Gasteiger partial charge in [-0.1, -0.05) is 11.8 Å². The Bertz CT molecular complexity index is 381. The molecule has 0 aliphatic carbocycles. The molecule has 1 heterocycles. The molecule has 7 heteroatoms. The van der Waals surface area contributed by atoms with E-state index in [-0.39, 0.29) is 18.0 Å². The van der Waals surface area contributed by atoms with Crippen LogP contribution < -0.4 is 5.32 Å². The zero-order valence-corrected chi connectivity index (χ0v) is 12.0. The highest BCUT2D eigenvalue weighted by molar-refractivity contribution is 7.99. The molecule has 1 atom stereocenters. The third-order valence-corrected chi connectivity index (χ3v) is 3.21. The lowest BCUT2D eigenvalue weighted by Gasteiger charge is -2.13. The summed E-state index contributed by atoms with van der Waals surface area (Å²) >= 11 is 1.39. The van der Waals surface area contributed by atoms with Crippen molar-refractivity contribution < 1.29 is 9.53 Å². The second kappa shape index (κ2) is 7.38. The smallest absolute Gasteiger partial charge is 0.230 e. The van der Waals surface area contributed by atoms with Crippen molar-refractivity contribution in [2.45, 2.75) is 38.0 Å². The number of nitrogens with zero attached hydrogens (tertiary/aromatic N) is 3. The Balaban J connectivity index is 2.40. The topological polar surface area (TPSA) is 69.0 Å². The van der Waals surface area contributed by atoms with Gasteiger partial charge in [-0.15, -0.1) is 10.2 Å². The van der Waals surface area contributed by atoms with Crippen LogP contribution in [0.5, 0.6) is 0 Å². The first-order valence-corrected chi connectivity index (χ1v) is 6.83. The van der Waals surface area contributed by atoms with E-state index in [0.29, 0.717) is 12.4 Å². The fraction of sp³-hybridized carbons (Fsp3) is 0.727. The van der Waals surface area contributed by atoms with E-state index in [4.69, 9.17) is 4.74 Å². The number of hydrogen-bond donors (Lipinski definition) is 1. The van der Waals surface area contributed by atoms with Crippen molar-refractivity contribution >= 4 is 17.7 Å². The van der Waals surface area contributed by atoms with Crippen LogP contribution in [0.4, 0.5) is 0 Å². The third-order valence-electron chi connectivity index (χ3n) is 2.25. The highest BCUT2D eigenvalue weighted by Crippen LogP contribution is 2.18. The maximum absolute atomic E-state index is 11.7. The average molecular weight is 272 g/mol. The normalized spacial score (nSPS) is 12.7. The Morgan fingerprint density at radius 1 is 1.56 bits per heavy atom. The fourth-order valence-electron chi connectivity index (χ4n) is 1.43. The minimum absolute atomic E-state index is 0.0195. The molecule has 1 aromatic heterocycles. The van der Waals surface area contributed by atoms with Gasteiger partial charge >= 0.3 is 0 Å². The summed E-state index contributed by atoms with van der Waals surface area (Å²) in [6.45, 7) is 6.52. The highest BCUT2D eigenvalue weighted by atomic mass is 32.2. The van der Waals surface area contributed by atoms with E-state index in [1.54, 1.807) is 13.4 Å². The van der Waals surface area contributed by atoms with Crippen molar-refractivity contribution in [1.29, 1.82) is 0 Å². The first-order chi connectivity index (χ1) is 8.54. The second-order valence-corrected chi connectivity index (χ2v) is 5.27. The molecular formula is C11H20N4O2S. The second-order valence-electron chi connectivity index (χ2n) is 4.33. The van der Waals surface area contributed by atoms with E-state index >= 15 is 0 Å². The molecule has 0 aliphatic heterocycles. The lowest BCUT2D eigenvalue weighted by atomic mass is 10.3. The van der Waals surface area contributed by atoms with Gasteiger partial charge in [0.1, 0.15) is 6.33 Å². The van der Waals surface area contributed by atoms with E-state index in [0.717, 1.165) is 5.16 Å². The number of thioether (sulfide) groups is 1. The maximum atomic E-state index is 11.7. The Labute approximate surface area is 111 Å². The van der Waals surface area contributed by atoms with Crippen molar-refractivity contribution in [2.24, 2.45) is 0 Å². The highest BCUT2D eigenvalue weighted by Gasteiger charge is 2.12. The van der Waals surface area contributed by atoms with Gasteiger partial charge in [-0.3, -0.25) is 4.79 Å². The Hall–Kier alpha value is -1.08. The van der Waals surface area contributed by atoms with Crippen molar-refractivity contribution in [3.8, 4) is 0 Å². The molecule has 0 aliphatic rings. The molecule has 1 rings (SSSR count). The van der Waals surface area contributed by atoms with Crippen LogP contribution in [0.25, 0.3) is 0 Å². The molecule has 0 fully saturated rings. The number of rotatable bonds is 7. The number of hydrogen-bond acceptors (Lipinski definition) is 5. The molecule has 1 amide bonds. The number of amides is 1. The molecule has 0 saturated carbocycles. The molecule has 6 nitrogen and oxygen atoms in total. The van der Waals surface area contributed by atoms with Crippen molar-refractivity contribution in [3.05, 3.63) is 6.33 Å². The molecular weight excluding hydrogens is 252 g/mol. The number of ether oxygens (including phenoxy) is 1. The van der Waals surface area contributed by atoms with Crippen LogP contribution in [0, 0.1) is 0 Å². The molecule has 0 unspecified atom stereocenters. The van der Waals surface area contributed by atoms with E-state index < -0.39 is 0 Å². The number of carbonyl (C=O) groups excluding carboxylic acids is 1. The van der Waals surface area contributed by atoms with Crippen molar-refractivity contribution in [3.63, 3.8) is 0 Å². The zero-order chi connectivity index (χ0) is 13.5. The van der Waals surface area contributed by atoms with Crippen LogP contribution in [-0.4, -0.2) is 46.2 Å². The van der Waals surface area contributed by atoms with Gasteiger partial charge in [0.15, 0.2) is 5.16 Å². The summed E-state index contributed by atoms with van der Waals surface area (Å²) in [5.74, 6) is 0.308. The van der Waals surface area contributed by atoms with Gasteiger partial charge in [0.2, 0.25) is 5.91 Å². The van der Waals surface area contributed by atoms with E-state index in [1.165, 1.54) is 11.8 Å². The van der Waals surface area contributed by atoms with Crippen LogP contribution >= 0.6 is 11.8 Å². The van der Waals surface area contributed by atoms with Gasteiger partial charge in [0, 0.05) is 19.2 Å². The standard InChI is InChI=1S/C11H20N4O2S/c1-8(2)15-7-12-14-11(15)18-6-10(16)13-9(3)5-17-4/h7-9H,5-6H2,1-4H3,(H,13,16)/t9-/m1/s1. The van der Waals surface area contributed by atoms with Gasteiger partial charge in [-0.25, -0.2) is 0 Å². The molecule has 102 valence electrons. The van der Waals surface area contributed by atoms with Crippen LogP contribution in [0.3, 0.4) is 0 Å². The Kier molecular flexibility index (Phi) is 6.14. The summed E-state index contributed by atoms with van der Waals surface area (Å²) in [6.07, 6.45) is 1.68. The van der Waals surface area contributed by atoms with Gasteiger partial charge in [0.05, 0.1) is 12.4 Å². The third kappa shape index (κ3) is 4.66. The molecule has 1 aromatic rings. The quantitative estimate of drug-likeness (QED) is 0.753. The number of nitrogens with one attached hydrogen (secondary N) is 1. The summed E-state index contributed by atoms with van der Waals surface area (Å²) in [5, 5.41) is 11.5. The fourth-order valence-corrected chi connectivity index (χ4v) is 2.28. The van der Waals surface area contributed by atoms with E-state index in [1.807, 2.05) is 25.3 Å². The summed E-state index contributed by atoms with van der Waals surface area (Å²) in [6, 6.07) is 0.309. The lowest BCUT2D eigenvalue weighted by Crippen LogP contribution is -2.36. The first-order valence-electron chi connectivity index (χ1n) is 5.85. The molecule has 0 spiro atoms. The van der Waals surface area contributed by atoms with Crippen LogP contribution in [0.2, 0.25) is 0 Å². The summed E-state index contributed by atoms with van der Waals surface area (Å²) in [4.78, 5) is 11.7. The zero-order valence-electron chi connectivity index (χ0n) is 11.2. The van der Waals surface area contributed by atoms with Crippen molar-refractivity contribution in [1.82, 2.24) is 20.1 Å². The number of aromatic nitrogens is 3. The number of methoxy groups -OCH3 is 1. The van der Waals surface area contributed by atoms with Crippen LogP contribution in [0.15, 0.2) is 11.5 Å². The molecule has 0 saturated heterocycles. The summed E-state index contributed by atoms with van der Waals surface area (Å²) < 4.78 is 6.90. The van der Waals surface area contributed by atoms with Gasteiger partial charge in [0.25, 0.3) is 0 Å². The minimum Gasteiger partial charge on any atom is -0.383 e. The predicted molar refractivity (Wildman–Crippen MR) is 70.6 cm³/mol. The SMILES string of the molecule is COC[C@@H](C)NC(=O)CSc1nncn1C(C)C. The Morgan fingerprint density at radius 3 is 2.89 bits per heavy atom. The molecule has 18 heavy (non-hydrogen) atoms. The monoisotopic (exact) mass is 272 g/mol. The summed E-state index contributed by atoms with van der Waals surface area (Å²) in [7, 11) is 1.61. The minimum atomic E-state index is -0.0251.